The average Bonchev–Trinajstić information content (AvgIpc) is 2.73. The molecule has 1 N–H and O–H groups in total. The van der Waals surface area contributed by atoms with E-state index in [1.807, 2.05) is 13.8 Å². The van der Waals surface area contributed by atoms with Crippen LogP contribution in [0.3, 0.4) is 0 Å². The first-order valence-corrected chi connectivity index (χ1v) is 10.4. The Kier molecular flexibility index (Phi) is 4.64. The minimum Gasteiger partial charge on any atom is -0.389 e. The molecule has 1 aliphatic carbocycles. The molecule has 0 saturated heterocycles. The summed E-state index contributed by atoms with van der Waals surface area (Å²) >= 11 is 3.63. The molecule has 27 heavy (non-hydrogen) atoms. The van der Waals surface area contributed by atoms with Gasteiger partial charge < -0.3 is 5.11 Å². The smallest absolute Gasteiger partial charge is 0.0738 e. The monoisotopic (exact) mass is 423 g/mol. The summed E-state index contributed by atoms with van der Waals surface area (Å²) in [6, 6.07) is 17.2. The molecule has 0 radical (unpaired) electrons. The zero-order valence-electron chi connectivity index (χ0n) is 16.2. The van der Waals surface area contributed by atoms with E-state index in [9.17, 15) is 5.11 Å². The Morgan fingerprint density at radius 2 is 1.89 bits per heavy atom. The van der Waals surface area contributed by atoms with Gasteiger partial charge in [0, 0.05) is 27.2 Å². The van der Waals surface area contributed by atoms with Crippen LogP contribution in [0.2, 0.25) is 0 Å². The summed E-state index contributed by atoms with van der Waals surface area (Å²) in [6.45, 7) is 6.31. The molecule has 0 saturated carbocycles. The normalized spacial score (nSPS) is 29.9. The molecule has 0 amide bonds. The molecule has 4 rings (SSSR count). The SMILES string of the molecule is CC1=CC[C@@](C)(O)[C@H]2Cc3cc(Br)ccc3[C@@](C)(Cc3ccccc3)C2=N1. The lowest BCUT2D eigenvalue weighted by molar-refractivity contribution is 0.0253. The zero-order valence-corrected chi connectivity index (χ0v) is 17.8. The summed E-state index contributed by atoms with van der Waals surface area (Å²) in [5.74, 6) is 0.0155. The molecule has 2 nitrogen and oxygen atoms in total. The standard InChI is InChI=1S/C24H26BrNO/c1-16-11-12-24(3,27)21-14-18-13-19(25)9-10-20(18)23(2,22(21)26-16)15-17-7-5-4-6-8-17/h4-11,13,21,27H,12,14-15H2,1-3H3/t21-,23+,24+/m0/s1. The van der Waals surface area contributed by atoms with Crippen molar-refractivity contribution in [2.24, 2.45) is 10.9 Å². The van der Waals surface area contributed by atoms with Crippen LogP contribution in [0.25, 0.3) is 0 Å². The predicted molar refractivity (Wildman–Crippen MR) is 115 cm³/mol. The van der Waals surface area contributed by atoms with Crippen molar-refractivity contribution in [1.82, 2.24) is 0 Å². The Balaban J connectivity index is 1.94. The van der Waals surface area contributed by atoms with Gasteiger partial charge in [0.2, 0.25) is 0 Å². The summed E-state index contributed by atoms with van der Waals surface area (Å²) in [6.07, 6.45) is 4.42. The molecule has 0 fully saturated rings. The number of rotatable bonds is 2. The summed E-state index contributed by atoms with van der Waals surface area (Å²) in [7, 11) is 0. The second-order valence-corrected chi connectivity index (χ2v) is 9.37. The number of hydrogen-bond acceptors (Lipinski definition) is 2. The van der Waals surface area contributed by atoms with Gasteiger partial charge in [-0.25, -0.2) is 0 Å². The molecule has 0 bridgehead atoms. The first-order chi connectivity index (χ1) is 12.8. The van der Waals surface area contributed by atoms with Gasteiger partial charge in [0.05, 0.1) is 5.60 Å². The molecule has 2 aromatic rings. The highest BCUT2D eigenvalue weighted by atomic mass is 79.9. The van der Waals surface area contributed by atoms with Crippen molar-refractivity contribution in [2.75, 3.05) is 0 Å². The van der Waals surface area contributed by atoms with Crippen molar-refractivity contribution in [3.05, 3.63) is 81.5 Å². The maximum Gasteiger partial charge on any atom is 0.0738 e. The lowest BCUT2D eigenvalue weighted by Gasteiger charge is -2.46. The number of allylic oxidation sites excluding steroid dienone is 1. The first-order valence-electron chi connectivity index (χ1n) is 9.61. The summed E-state index contributed by atoms with van der Waals surface area (Å²) in [5.41, 5.74) is 5.02. The predicted octanol–water partition coefficient (Wildman–Crippen LogP) is 5.62. The van der Waals surface area contributed by atoms with Crippen molar-refractivity contribution >= 4 is 21.6 Å². The lowest BCUT2D eigenvalue weighted by Crippen LogP contribution is -2.52. The Morgan fingerprint density at radius 1 is 1.15 bits per heavy atom. The molecule has 2 aliphatic rings. The Morgan fingerprint density at radius 3 is 2.63 bits per heavy atom. The van der Waals surface area contributed by atoms with E-state index in [1.54, 1.807) is 0 Å². The van der Waals surface area contributed by atoms with E-state index in [2.05, 4.69) is 77.5 Å². The molecule has 0 aromatic heterocycles. The van der Waals surface area contributed by atoms with Crippen LogP contribution in [0.1, 0.15) is 43.9 Å². The topological polar surface area (TPSA) is 32.6 Å². The largest absolute Gasteiger partial charge is 0.389 e. The van der Waals surface area contributed by atoms with Gasteiger partial charge in [-0.2, -0.15) is 0 Å². The van der Waals surface area contributed by atoms with Gasteiger partial charge in [-0.05, 0) is 68.9 Å². The van der Waals surface area contributed by atoms with E-state index in [4.69, 9.17) is 4.99 Å². The van der Waals surface area contributed by atoms with Crippen LogP contribution in [0.5, 0.6) is 0 Å². The average molecular weight is 424 g/mol. The van der Waals surface area contributed by atoms with Gasteiger partial charge >= 0.3 is 0 Å². The van der Waals surface area contributed by atoms with E-state index < -0.39 is 5.60 Å². The molecular weight excluding hydrogens is 398 g/mol. The van der Waals surface area contributed by atoms with Gasteiger partial charge in [-0.3, -0.25) is 4.99 Å². The van der Waals surface area contributed by atoms with Crippen LogP contribution in [0.4, 0.5) is 0 Å². The summed E-state index contributed by atoms with van der Waals surface area (Å²) in [4.78, 5) is 5.07. The Hall–Kier alpha value is -1.71. The number of aliphatic imine (C=N–C) groups is 1. The third-order valence-electron chi connectivity index (χ3n) is 6.24. The summed E-state index contributed by atoms with van der Waals surface area (Å²) < 4.78 is 1.09. The first kappa shape index (κ1) is 18.6. The zero-order chi connectivity index (χ0) is 19.2. The fourth-order valence-corrected chi connectivity index (χ4v) is 5.15. The van der Waals surface area contributed by atoms with Crippen molar-refractivity contribution in [3.8, 4) is 0 Å². The minimum atomic E-state index is -0.797. The number of nitrogens with zero attached hydrogens (tertiary/aromatic N) is 1. The third kappa shape index (κ3) is 3.32. The number of hydrogen-bond donors (Lipinski definition) is 1. The molecule has 1 heterocycles. The minimum absolute atomic E-state index is 0.0155. The van der Waals surface area contributed by atoms with Crippen LogP contribution in [0.15, 0.2) is 69.8 Å². The lowest BCUT2D eigenvalue weighted by atomic mass is 9.59. The molecule has 3 heteroatoms. The highest BCUT2D eigenvalue weighted by molar-refractivity contribution is 9.10. The molecule has 0 spiro atoms. The van der Waals surface area contributed by atoms with Crippen molar-refractivity contribution in [3.63, 3.8) is 0 Å². The van der Waals surface area contributed by atoms with Crippen LogP contribution in [-0.2, 0) is 18.3 Å². The van der Waals surface area contributed by atoms with E-state index in [0.29, 0.717) is 6.42 Å². The second-order valence-electron chi connectivity index (χ2n) is 8.46. The Labute approximate surface area is 170 Å². The molecule has 0 unspecified atom stereocenters. The highest BCUT2D eigenvalue weighted by Gasteiger charge is 2.49. The number of aliphatic hydroxyl groups is 1. The van der Waals surface area contributed by atoms with Gasteiger partial charge in [0.25, 0.3) is 0 Å². The molecule has 140 valence electrons. The van der Waals surface area contributed by atoms with Gasteiger partial charge in [-0.1, -0.05) is 58.4 Å². The quantitative estimate of drug-likeness (QED) is 0.667. The van der Waals surface area contributed by atoms with Gasteiger partial charge in [-0.15, -0.1) is 0 Å². The van der Waals surface area contributed by atoms with Crippen LogP contribution in [-0.4, -0.2) is 16.4 Å². The van der Waals surface area contributed by atoms with E-state index in [0.717, 1.165) is 28.7 Å². The number of fused-ring (bicyclic) bond motifs is 2. The maximum atomic E-state index is 11.3. The highest BCUT2D eigenvalue weighted by Crippen LogP contribution is 2.46. The Bertz CT molecular complexity index is 929. The molecular formula is C24H26BrNO. The van der Waals surface area contributed by atoms with Crippen molar-refractivity contribution < 1.29 is 5.11 Å². The van der Waals surface area contributed by atoms with E-state index in [-0.39, 0.29) is 11.3 Å². The van der Waals surface area contributed by atoms with Gasteiger partial charge in [0.15, 0.2) is 0 Å². The van der Waals surface area contributed by atoms with Crippen molar-refractivity contribution in [1.29, 1.82) is 0 Å². The molecule has 1 aliphatic heterocycles. The van der Waals surface area contributed by atoms with E-state index in [1.165, 1.54) is 16.7 Å². The van der Waals surface area contributed by atoms with E-state index >= 15 is 0 Å². The van der Waals surface area contributed by atoms with Crippen LogP contribution >= 0.6 is 15.9 Å². The van der Waals surface area contributed by atoms with Crippen LogP contribution < -0.4 is 0 Å². The van der Waals surface area contributed by atoms with Crippen LogP contribution in [0, 0.1) is 5.92 Å². The second kappa shape index (κ2) is 6.72. The molecule has 3 atom stereocenters. The fraction of sp³-hybridized carbons (Fsp3) is 0.375. The number of benzene rings is 2. The maximum absolute atomic E-state index is 11.3. The van der Waals surface area contributed by atoms with Gasteiger partial charge in [0.1, 0.15) is 0 Å². The van der Waals surface area contributed by atoms with Crippen molar-refractivity contribution in [2.45, 2.75) is 51.0 Å². The number of halogens is 1. The summed E-state index contributed by atoms with van der Waals surface area (Å²) in [5, 5.41) is 11.3. The molecule has 2 aromatic carbocycles. The third-order valence-corrected chi connectivity index (χ3v) is 6.73. The fourth-order valence-electron chi connectivity index (χ4n) is 4.75.